The van der Waals surface area contributed by atoms with Crippen LogP contribution in [-0.4, -0.2) is 17.1 Å². The Morgan fingerprint density at radius 3 is 2.52 bits per heavy atom. The van der Waals surface area contributed by atoms with Crippen LogP contribution >= 0.6 is 0 Å². The number of benzene rings is 2. The quantitative estimate of drug-likeness (QED) is 0.582. The van der Waals surface area contributed by atoms with E-state index < -0.39 is 0 Å². The van der Waals surface area contributed by atoms with E-state index in [0.29, 0.717) is 5.75 Å². The Kier molecular flexibility index (Phi) is 5.14. The summed E-state index contributed by atoms with van der Waals surface area (Å²) in [6, 6.07) is 18.0. The Bertz CT molecular complexity index is 979. The Morgan fingerprint density at radius 1 is 1.07 bits per heavy atom. The zero-order valence-electron chi connectivity index (χ0n) is 16.5. The summed E-state index contributed by atoms with van der Waals surface area (Å²) in [5, 5.41) is 0. The third kappa shape index (κ3) is 4.19. The molecule has 0 amide bonds. The molecular formula is C24H24FNO3. The molecular weight excluding hydrogens is 369 g/mol. The largest absolute Gasteiger partial charge is 0.489 e. The van der Waals surface area contributed by atoms with Crippen LogP contribution in [0.1, 0.15) is 30.7 Å². The van der Waals surface area contributed by atoms with E-state index in [-0.39, 0.29) is 35.8 Å². The van der Waals surface area contributed by atoms with E-state index >= 15 is 0 Å². The molecule has 1 heterocycles. The first kappa shape index (κ1) is 19.2. The molecule has 0 saturated heterocycles. The molecule has 1 aliphatic carbocycles. The van der Waals surface area contributed by atoms with Gasteiger partial charge in [0.05, 0.1) is 5.69 Å². The van der Waals surface area contributed by atoms with Crippen LogP contribution in [0.15, 0.2) is 66.9 Å². The molecule has 0 aliphatic heterocycles. The van der Waals surface area contributed by atoms with Crippen molar-refractivity contribution in [3.8, 4) is 5.75 Å². The first-order valence-corrected chi connectivity index (χ1v) is 9.73. The second kappa shape index (κ2) is 7.74. The number of aromatic nitrogens is 1. The lowest BCUT2D eigenvalue weighted by molar-refractivity contribution is -0.148. The third-order valence-electron chi connectivity index (χ3n) is 5.58. The number of aromatic amines is 1. The molecule has 150 valence electrons. The number of nitrogens with one attached hydrogen (secondary N) is 1. The van der Waals surface area contributed by atoms with Crippen LogP contribution in [-0.2, 0) is 22.6 Å². The van der Waals surface area contributed by atoms with Crippen LogP contribution in [0.2, 0.25) is 0 Å². The molecule has 4 nitrogen and oxygen atoms in total. The van der Waals surface area contributed by atoms with Gasteiger partial charge in [-0.1, -0.05) is 44.2 Å². The molecule has 29 heavy (non-hydrogen) atoms. The van der Waals surface area contributed by atoms with Crippen molar-refractivity contribution in [2.75, 3.05) is 0 Å². The third-order valence-corrected chi connectivity index (χ3v) is 5.58. The summed E-state index contributed by atoms with van der Waals surface area (Å²) in [4.78, 5) is 15.8. The summed E-state index contributed by atoms with van der Waals surface area (Å²) in [7, 11) is 0. The molecule has 4 rings (SSSR count). The van der Waals surface area contributed by atoms with E-state index in [9.17, 15) is 9.18 Å². The highest BCUT2D eigenvalue weighted by Crippen LogP contribution is 2.54. The van der Waals surface area contributed by atoms with E-state index in [2.05, 4.69) is 17.1 Å². The van der Waals surface area contributed by atoms with Gasteiger partial charge in [0.1, 0.15) is 30.2 Å². The van der Waals surface area contributed by atoms with Gasteiger partial charge in [0.15, 0.2) is 0 Å². The van der Waals surface area contributed by atoms with E-state index in [1.165, 1.54) is 17.7 Å². The van der Waals surface area contributed by atoms with Gasteiger partial charge in [0.2, 0.25) is 0 Å². The van der Waals surface area contributed by atoms with Gasteiger partial charge in [-0.25, -0.2) is 4.39 Å². The molecule has 1 N–H and O–H groups in total. The molecule has 1 aliphatic rings. The van der Waals surface area contributed by atoms with Gasteiger partial charge >= 0.3 is 5.97 Å². The summed E-state index contributed by atoms with van der Waals surface area (Å²) in [5.41, 5.74) is 2.89. The van der Waals surface area contributed by atoms with Crippen molar-refractivity contribution in [1.29, 1.82) is 0 Å². The van der Waals surface area contributed by atoms with Gasteiger partial charge in [0, 0.05) is 11.6 Å². The number of rotatable bonds is 7. The van der Waals surface area contributed by atoms with Crippen molar-refractivity contribution in [2.45, 2.75) is 33.0 Å². The lowest BCUT2D eigenvalue weighted by atomic mass is 10.1. The molecule has 0 bridgehead atoms. The highest BCUT2D eigenvalue weighted by Gasteiger charge is 2.65. The van der Waals surface area contributed by atoms with Crippen molar-refractivity contribution in [2.24, 2.45) is 11.3 Å². The Morgan fingerprint density at radius 2 is 1.79 bits per heavy atom. The van der Waals surface area contributed by atoms with Crippen LogP contribution in [0.3, 0.4) is 0 Å². The molecule has 2 unspecified atom stereocenters. The number of carbonyl (C=O) groups excluding carboxylic acids is 1. The summed E-state index contributed by atoms with van der Waals surface area (Å²) in [6.45, 7) is 4.15. The van der Waals surface area contributed by atoms with E-state index in [1.807, 2.05) is 44.3 Å². The number of halogens is 1. The number of esters is 1. The SMILES string of the molecule is CC1(C)C(Oc2ccc(F)cc2)C1C(=O)OCc1[nH]ccc1Cc1ccccc1. The summed E-state index contributed by atoms with van der Waals surface area (Å²) in [5.74, 6) is -0.391. The maximum absolute atomic E-state index is 13.1. The van der Waals surface area contributed by atoms with Crippen LogP contribution in [0.25, 0.3) is 0 Å². The van der Waals surface area contributed by atoms with E-state index in [0.717, 1.165) is 17.7 Å². The molecule has 0 radical (unpaired) electrons. The van der Waals surface area contributed by atoms with E-state index in [1.54, 1.807) is 12.1 Å². The first-order valence-electron chi connectivity index (χ1n) is 9.73. The van der Waals surface area contributed by atoms with Gasteiger partial charge in [-0.15, -0.1) is 0 Å². The average molecular weight is 393 g/mol. The minimum Gasteiger partial charge on any atom is -0.489 e. The lowest BCUT2D eigenvalue weighted by Crippen LogP contribution is -2.13. The topological polar surface area (TPSA) is 51.3 Å². The lowest BCUT2D eigenvalue weighted by Gasteiger charge is -2.08. The number of carbonyl (C=O) groups is 1. The predicted octanol–water partition coefficient (Wildman–Crippen LogP) is 4.89. The van der Waals surface area contributed by atoms with Gasteiger partial charge < -0.3 is 14.5 Å². The Labute approximate surface area is 169 Å². The number of ether oxygens (including phenoxy) is 2. The highest BCUT2D eigenvalue weighted by molar-refractivity contribution is 5.78. The van der Waals surface area contributed by atoms with E-state index in [4.69, 9.17) is 9.47 Å². The average Bonchev–Trinajstić information content (AvgIpc) is 3.01. The van der Waals surface area contributed by atoms with Crippen LogP contribution in [0.5, 0.6) is 5.75 Å². The van der Waals surface area contributed by atoms with Crippen LogP contribution < -0.4 is 4.74 Å². The molecule has 2 atom stereocenters. The van der Waals surface area contributed by atoms with Crippen molar-refractivity contribution < 1.29 is 18.7 Å². The fourth-order valence-electron chi connectivity index (χ4n) is 3.68. The molecule has 1 saturated carbocycles. The molecule has 1 fully saturated rings. The fraction of sp³-hybridized carbons (Fsp3) is 0.292. The standard InChI is InChI=1S/C24H24FNO3/c1-24(2)21(22(24)29-19-10-8-18(25)9-11-19)23(27)28-15-20-17(12-13-26-20)14-16-6-4-3-5-7-16/h3-13,21-22,26H,14-15H2,1-2H3. The maximum Gasteiger partial charge on any atom is 0.313 e. The Balaban J connectivity index is 1.35. The van der Waals surface area contributed by atoms with Crippen LogP contribution in [0, 0.1) is 17.2 Å². The zero-order chi connectivity index (χ0) is 20.4. The molecule has 2 aromatic carbocycles. The summed E-state index contributed by atoms with van der Waals surface area (Å²) < 4.78 is 24.6. The van der Waals surface area contributed by atoms with Crippen molar-refractivity contribution in [3.05, 3.63) is 89.5 Å². The minimum absolute atomic E-state index is 0.198. The van der Waals surface area contributed by atoms with Gasteiger partial charge in [-0.2, -0.15) is 0 Å². The van der Waals surface area contributed by atoms with Gasteiger partial charge in [-0.3, -0.25) is 4.79 Å². The highest BCUT2D eigenvalue weighted by atomic mass is 19.1. The van der Waals surface area contributed by atoms with Gasteiger partial charge in [0.25, 0.3) is 0 Å². The van der Waals surface area contributed by atoms with Crippen molar-refractivity contribution >= 4 is 5.97 Å². The summed E-state index contributed by atoms with van der Waals surface area (Å²) >= 11 is 0. The minimum atomic E-state index is -0.347. The molecule has 0 spiro atoms. The maximum atomic E-state index is 13.1. The molecule has 3 aromatic rings. The second-order valence-corrected chi connectivity index (χ2v) is 8.04. The van der Waals surface area contributed by atoms with Crippen molar-refractivity contribution in [1.82, 2.24) is 4.98 Å². The predicted molar refractivity (Wildman–Crippen MR) is 108 cm³/mol. The number of hydrogen-bond donors (Lipinski definition) is 1. The number of H-pyrrole nitrogens is 1. The second-order valence-electron chi connectivity index (χ2n) is 8.04. The van der Waals surface area contributed by atoms with Crippen molar-refractivity contribution in [3.63, 3.8) is 0 Å². The van der Waals surface area contributed by atoms with Gasteiger partial charge in [-0.05, 0) is 47.9 Å². The summed E-state index contributed by atoms with van der Waals surface area (Å²) in [6.07, 6.45) is 2.36. The molecule has 1 aromatic heterocycles. The molecule has 5 heteroatoms. The number of hydrogen-bond acceptors (Lipinski definition) is 3. The monoisotopic (exact) mass is 393 g/mol. The first-order chi connectivity index (χ1) is 13.9. The normalized spacial score (nSPS) is 19.6. The smallest absolute Gasteiger partial charge is 0.313 e. The Hall–Kier alpha value is -3.08. The fourth-order valence-corrected chi connectivity index (χ4v) is 3.68. The zero-order valence-corrected chi connectivity index (χ0v) is 16.5. The van der Waals surface area contributed by atoms with Crippen LogP contribution in [0.4, 0.5) is 4.39 Å².